The van der Waals surface area contributed by atoms with E-state index in [1.165, 1.54) is 20.3 Å². The Kier molecular flexibility index (Phi) is 5.07. The number of ether oxygens (including phenoxy) is 3. The standard InChI is InChI=1S/C16H18O6/c1-20-16(21-2)13(18)8-11(10-17)9-14(16)22-15(19)12-6-4-3-5-7-12/h3-8,14,17H,9-10H2,1-2H3/t14-/m1/s1. The maximum atomic E-state index is 12.2. The van der Waals surface area contributed by atoms with Crippen LogP contribution in [0.25, 0.3) is 0 Å². The van der Waals surface area contributed by atoms with Gasteiger partial charge >= 0.3 is 5.97 Å². The minimum Gasteiger partial charge on any atom is -0.452 e. The van der Waals surface area contributed by atoms with Crippen molar-refractivity contribution in [2.75, 3.05) is 20.8 Å². The molecule has 0 unspecified atom stereocenters. The van der Waals surface area contributed by atoms with Crippen LogP contribution in [-0.4, -0.2) is 49.6 Å². The molecule has 118 valence electrons. The average molecular weight is 306 g/mol. The van der Waals surface area contributed by atoms with Crippen LogP contribution in [0.2, 0.25) is 0 Å². The van der Waals surface area contributed by atoms with E-state index in [-0.39, 0.29) is 13.0 Å². The third kappa shape index (κ3) is 2.94. The number of aliphatic hydroxyl groups excluding tert-OH is 1. The average Bonchev–Trinajstić information content (AvgIpc) is 2.56. The Morgan fingerprint density at radius 2 is 1.91 bits per heavy atom. The lowest BCUT2D eigenvalue weighted by Gasteiger charge is -2.38. The number of ketones is 1. The molecule has 1 aromatic carbocycles. The molecule has 2 rings (SSSR count). The highest BCUT2D eigenvalue weighted by atomic mass is 16.7. The summed E-state index contributed by atoms with van der Waals surface area (Å²) in [5.74, 6) is -2.78. The highest BCUT2D eigenvalue weighted by Crippen LogP contribution is 2.32. The molecule has 1 aromatic rings. The number of aliphatic hydroxyl groups is 1. The number of rotatable bonds is 5. The van der Waals surface area contributed by atoms with Gasteiger partial charge in [0.2, 0.25) is 5.78 Å². The van der Waals surface area contributed by atoms with Gasteiger partial charge in [0.05, 0.1) is 12.2 Å². The van der Waals surface area contributed by atoms with Gasteiger partial charge in [0.25, 0.3) is 5.79 Å². The number of hydrogen-bond acceptors (Lipinski definition) is 6. The second-order valence-electron chi connectivity index (χ2n) is 4.86. The van der Waals surface area contributed by atoms with Gasteiger partial charge in [-0.2, -0.15) is 0 Å². The molecule has 6 heteroatoms. The monoisotopic (exact) mass is 306 g/mol. The van der Waals surface area contributed by atoms with Crippen LogP contribution in [0.3, 0.4) is 0 Å². The van der Waals surface area contributed by atoms with Crippen LogP contribution < -0.4 is 0 Å². The van der Waals surface area contributed by atoms with Crippen LogP contribution in [0.4, 0.5) is 0 Å². The largest absolute Gasteiger partial charge is 0.452 e. The molecule has 0 saturated heterocycles. The van der Waals surface area contributed by atoms with E-state index < -0.39 is 23.6 Å². The topological polar surface area (TPSA) is 82.1 Å². The highest BCUT2D eigenvalue weighted by molar-refractivity contribution is 5.99. The Bertz CT molecular complexity index is 574. The second kappa shape index (κ2) is 6.83. The molecule has 0 aromatic heterocycles. The van der Waals surface area contributed by atoms with Gasteiger partial charge in [-0.1, -0.05) is 18.2 Å². The first-order valence-corrected chi connectivity index (χ1v) is 6.78. The third-order valence-corrected chi connectivity index (χ3v) is 3.62. The van der Waals surface area contributed by atoms with Crippen molar-refractivity contribution in [1.29, 1.82) is 0 Å². The van der Waals surface area contributed by atoms with Crippen LogP contribution in [-0.2, 0) is 19.0 Å². The van der Waals surface area contributed by atoms with Crippen molar-refractivity contribution in [2.24, 2.45) is 0 Å². The lowest BCUT2D eigenvalue weighted by Crippen LogP contribution is -2.56. The first-order valence-electron chi connectivity index (χ1n) is 6.78. The van der Waals surface area contributed by atoms with Crippen molar-refractivity contribution in [3.05, 3.63) is 47.5 Å². The Morgan fingerprint density at radius 3 is 2.45 bits per heavy atom. The molecule has 0 fully saturated rings. The van der Waals surface area contributed by atoms with Crippen LogP contribution >= 0.6 is 0 Å². The molecule has 0 amide bonds. The van der Waals surface area contributed by atoms with Crippen molar-refractivity contribution in [3.63, 3.8) is 0 Å². The summed E-state index contributed by atoms with van der Waals surface area (Å²) in [5, 5.41) is 9.25. The summed E-state index contributed by atoms with van der Waals surface area (Å²) in [7, 11) is 2.62. The summed E-state index contributed by atoms with van der Waals surface area (Å²) < 4.78 is 15.8. The predicted molar refractivity (Wildman–Crippen MR) is 77.2 cm³/mol. The zero-order valence-corrected chi connectivity index (χ0v) is 12.4. The van der Waals surface area contributed by atoms with Gasteiger partial charge in [0.1, 0.15) is 0 Å². The second-order valence-corrected chi connectivity index (χ2v) is 4.86. The Labute approximate surface area is 128 Å². The lowest BCUT2D eigenvalue weighted by atomic mass is 9.90. The molecular formula is C16H18O6. The number of esters is 1. The predicted octanol–water partition coefficient (Wildman–Crippen LogP) is 1.09. The Morgan fingerprint density at radius 1 is 1.27 bits per heavy atom. The number of methoxy groups -OCH3 is 2. The summed E-state index contributed by atoms with van der Waals surface area (Å²) in [4.78, 5) is 24.5. The number of carbonyl (C=O) groups is 2. The van der Waals surface area contributed by atoms with Gasteiger partial charge in [-0.3, -0.25) is 4.79 Å². The summed E-state index contributed by atoms with van der Waals surface area (Å²) in [6.45, 7) is -0.297. The molecular weight excluding hydrogens is 288 g/mol. The lowest BCUT2D eigenvalue weighted by molar-refractivity contribution is -0.243. The van der Waals surface area contributed by atoms with E-state index in [1.807, 2.05) is 0 Å². The highest BCUT2D eigenvalue weighted by Gasteiger charge is 2.51. The molecule has 0 heterocycles. The first-order chi connectivity index (χ1) is 10.6. The SMILES string of the molecule is COC1(OC)C(=O)C=C(CO)C[C@H]1OC(=O)c1ccccc1. The van der Waals surface area contributed by atoms with Crippen LogP contribution in [0.5, 0.6) is 0 Å². The fraction of sp³-hybridized carbons (Fsp3) is 0.375. The number of carbonyl (C=O) groups excluding carboxylic acids is 2. The van der Waals surface area contributed by atoms with Gasteiger partial charge in [0.15, 0.2) is 6.10 Å². The molecule has 1 N–H and O–H groups in total. The molecule has 0 saturated carbocycles. The number of hydrogen-bond donors (Lipinski definition) is 1. The van der Waals surface area contributed by atoms with E-state index in [9.17, 15) is 14.7 Å². The van der Waals surface area contributed by atoms with Crippen molar-refractivity contribution in [1.82, 2.24) is 0 Å². The maximum absolute atomic E-state index is 12.2. The summed E-state index contributed by atoms with van der Waals surface area (Å²) in [5.41, 5.74) is 0.816. The van der Waals surface area contributed by atoms with E-state index in [1.54, 1.807) is 30.3 Å². The van der Waals surface area contributed by atoms with Crippen molar-refractivity contribution < 1.29 is 28.9 Å². The molecule has 6 nitrogen and oxygen atoms in total. The van der Waals surface area contributed by atoms with Gasteiger partial charge in [-0.25, -0.2) is 4.79 Å². The van der Waals surface area contributed by atoms with Crippen molar-refractivity contribution >= 4 is 11.8 Å². The van der Waals surface area contributed by atoms with Gasteiger partial charge in [0, 0.05) is 20.6 Å². The Balaban J connectivity index is 2.28. The number of benzene rings is 1. The van der Waals surface area contributed by atoms with Gasteiger partial charge in [-0.15, -0.1) is 0 Å². The van der Waals surface area contributed by atoms with Crippen molar-refractivity contribution in [2.45, 2.75) is 18.3 Å². The fourth-order valence-electron chi connectivity index (χ4n) is 2.42. The van der Waals surface area contributed by atoms with E-state index >= 15 is 0 Å². The van der Waals surface area contributed by atoms with Crippen LogP contribution in [0.1, 0.15) is 16.8 Å². The van der Waals surface area contributed by atoms with Crippen LogP contribution in [0.15, 0.2) is 42.0 Å². The molecule has 0 bridgehead atoms. The normalized spacial score (nSPS) is 20.4. The molecule has 22 heavy (non-hydrogen) atoms. The molecule has 0 aliphatic heterocycles. The summed E-state index contributed by atoms with van der Waals surface area (Å²) in [6.07, 6.45) is 0.442. The zero-order valence-electron chi connectivity index (χ0n) is 12.4. The maximum Gasteiger partial charge on any atom is 0.338 e. The first kappa shape index (κ1) is 16.4. The minimum absolute atomic E-state index is 0.155. The van der Waals surface area contributed by atoms with Crippen molar-refractivity contribution in [3.8, 4) is 0 Å². The molecule has 1 atom stereocenters. The van der Waals surface area contributed by atoms with E-state index in [4.69, 9.17) is 14.2 Å². The molecule has 0 radical (unpaired) electrons. The van der Waals surface area contributed by atoms with Gasteiger partial charge in [-0.05, 0) is 23.8 Å². The minimum atomic E-state index is -1.69. The third-order valence-electron chi connectivity index (χ3n) is 3.62. The smallest absolute Gasteiger partial charge is 0.338 e. The molecule has 0 spiro atoms. The quantitative estimate of drug-likeness (QED) is 0.648. The van der Waals surface area contributed by atoms with Gasteiger partial charge < -0.3 is 19.3 Å². The van der Waals surface area contributed by atoms with E-state index in [0.29, 0.717) is 11.1 Å². The van der Waals surface area contributed by atoms with E-state index in [2.05, 4.69) is 0 Å². The van der Waals surface area contributed by atoms with E-state index in [0.717, 1.165) is 0 Å². The zero-order chi connectivity index (χ0) is 16.2. The summed E-state index contributed by atoms with van der Waals surface area (Å²) in [6, 6.07) is 8.42. The summed E-state index contributed by atoms with van der Waals surface area (Å²) >= 11 is 0. The Hall–Kier alpha value is -2.02. The fourth-order valence-corrected chi connectivity index (χ4v) is 2.42. The molecule has 1 aliphatic rings. The van der Waals surface area contributed by atoms with Crippen LogP contribution in [0, 0.1) is 0 Å². The molecule has 1 aliphatic carbocycles.